The molecule has 0 aromatic heterocycles. The van der Waals surface area contributed by atoms with E-state index in [-0.39, 0.29) is 24.4 Å². The van der Waals surface area contributed by atoms with Crippen molar-refractivity contribution in [2.45, 2.75) is 84.0 Å². The number of aliphatic hydroxyl groups excluding tert-OH is 2. The Hall–Kier alpha value is -0.160. The van der Waals surface area contributed by atoms with Crippen LogP contribution in [0.15, 0.2) is 0 Å². The van der Waals surface area contributed by atoms with Gasteiger partial charge in [0.15, 0.2) is 0 Å². The van der Waals surface area contributed by atoms with Gasteiger partial charge in [0.25, 0.3) is 0 Å². The maximum atomic E-state index is 9.76. The fourth-order valence-corrected chi connectivity index (χ4v) is 3.33. The SMILES string of the molecule is CCCC(CCCOC(C)(C)C)CN1CCC(O)CC1CO. The molecule has 0 aromatic rings. The van der Waals surface area contributed by atoms with Crippen LogP contribution in [0.2, 0.25) is 0 Å². The molecule has 1 heterocycles. The molecule has 0 saturated carbocycles. The molecule has 0 aliphatic carbocycles. The van der Waals surface area contributed by atoms with Gasteiger partial charge < -0.3 is 14.9 Å². The Labute approximate surface area is 136 Å². The fraction of sp³-hybridized carbons (Fsp3) is 1.00. The van der Waals surface area contributed by atoms with Gasteiger partial charge in [0.05, 0.1) is 18.3 Å². The number of hydrogen-bond acceptors (Lipinski definition) is 4. The van der Waals surface area contributed by atoms with Gasteiger partial charge in [0, 0.05) is 25.7 Å². The lowest BCUT2D eigenvalue weighted by Gasteiger charge is -2.39. The molecular formula is C18H37NO3. The Morgan fingerprint density at radius 1 is 1.27 bits per heavy atom. The van der Waals surface area contributed by atoms with E-state index in [1.165, 1.54) is 19.3 Å². The van der Waals surface area contributed by atoms with Crippen LogP contribution < -0.4 is 0 Å². The molecule has 4 nitrogen and oxygen atoms in total. The molecule has 1 rings (SSSR count). The molecule has 132 valence electrons. The van der Waals surface area contributed by atoms with Gasteiger partial charge in [-0.25, -0.2) is 0 Å². The van der Waals surface area contributed by atoms with Crippen LogP contribution in [-0.4, -0.2) is 59.2 Å². The summed E-state index contributed by atoms with van der Waals surface area (Å²) in [6.45, 7) is 11.5. The molecule has 0 bridgehead atoms. The Bertz CT molecular complexity index is 291. The largest absolute Gasteiger partial charge is 0.395 e. The molecule has 1 saturated heterocycles. The van der Waals surface area contributed by atoms with E-state index in [1.54, 1.807) is 0 Å². The summed E-state index contributed by atoms with van der Waals surface area (Å²) in [7, 11) is 0. The molecule has 2 N–H and O–H groups in total. The Morgan fingerprint density at radius 2 is 2.00 bits per heavy atom. The first-order valence-corrected chi connectivity index (χ1v) is 9.02. The zero-order chi connectivity index (χ0) is 16.6. The van der Waals surface area contributed by atoms with Gasteiger partial charge in [-0.1, -0.05) is 13.3 Å². The van der Waals surface area contributed by atoms with Crippen LogP contribution >= 0.6 is 0 Å². The average molecular weight is 315 g/mol. The van der Waals surface area contributed by atoms with Crippen molar-refractivity contribution in [3.8, 4) is 0 Å². The molecular weight excluding hydrogens is 278 g/mol. The maximum Gasteiger partial charge on any atom is 0.0598 e. The number of rotatable bonds is 9. The monoisotopic (exact) mass is 315 g/mol. The normalized spacial score (nSPS) is 25.4. The molecule has 0 radical (unpaired) electrons. The van der Waals surface area contributed by atoms with Crippen LogP contribution in [0.3, 0.4) is 0 Å². The molecule has 1 aliphatic rings. The number of ether oxygens (including phenoxy) is 1. The summed E-state index contributed by atoms with van der Waals surface area (Å²) < 4.78 is 5.82. The van der Waals surface area contributed by atoms with Gasteiger partial charge in [-0.05, 0) is 58.8 Å². The van der Waals surface area contributed by atoms with Gasteiger partial charge >= 0.3 is 0 Å². The van der Waals surface area contributed by atoms with E-state index in [0.717, 1.165) is 32.5 Å². The number of nitrogens with zero attached hydrogens (tertiary/aromatic N) is 1. The number of likely N-dealkylation sites (tertiary alicyclic amines) is 1. The van der Waals surface area contributed by atoms with Crippen LogP contribution in [-0.2, 0) is 4.74 Å². The maximum absolute atomic E-state index is 9.76. The molecule has 4 heteroatoms. The summed E-state index contributed by atoms with van der Waals surface area (Å²) in [5.74, 6) is 0.665. The standard InChI is InChI=1S/C18H37NO3/c1-5-7-15(8-6-11-22-18(2,3)4)13-19-10-9-17(21)12-16(19)14-20/h15-17,20-21H,5-14H2,1-4H3. The van der Waals surface area contributed by atoms with Gasteiger partial charge in [-0.15, -0.1) is 0 Å². The third kappa shape index (κ3) is 7.91. The van der Waals surface area contributed by atoms with Crippen molar-refractivity contribution in [3.63, 3.8) is 0 Å². The fourth-order valence-electron chi connectivity index (χ4n) is 3.33. The van der Waals surface area contributed by atoms with Crippen LogP contribution in [0.5, 0.6) is 0 Å². The number of hydrogen-bond donors (Lipinski definition) is 2. The van der Waals surface area contributed by atoms with E-state index < -0.39 is 0 Å². The highest BCUT2D eigenvalue weighted by Crippen LogP contribution is 2.23. The molecule has 3 atom stereocenters. The third-order valence-electron chi connectivity index (χ3n) is 4.50. The van der Waals surface area contributed by atoms with Crippen molar-refractivity contribution in [2.75, 3.05) is 26.3 Å². The second kappa shape index (κ2) is 9.86. The molecule has 0 amide bonds. The van der Waals surface area contributed by atoms with Crippen molar-refractivity contribution in [1.82, 2.24) is 4.90 Å². The molecule has 0 aromatic carbocycles. The molecule has 22 heavy (non-hydrogen) atoms. The van der Waals surface area contributed by atoms with E-state index >= 15 is 0 Å². The molecule has 0 spiro atoms. The average Bonchev–Trinajstić information content (AvgIpc) is 2.44. The second-order valence-electron chi connectivity index (χ2n) is 7.77. The Balaban J connectivity index is 2.39. The minimum atomic E-state index is -0.238. The zero-order valence-electron chi connectivity index (χ0n) is 15.1. The third-order valence-corrected chi connectivity index (χ3v) is 4.50. The number of piperidine rings is 1. The van der Waals surface area contributed by atoms with Gasteiger partial charge in [-0.3, -0.25) is 4.90 Å². The highest BCUT2D eigenvalue weighted by molar-refractivity contribution is 4.82. The molecule has 1 aliphatic heterocycles. The van der Waals surface area contributed by atoms with Crippen molar-refractivity contribution in [2.24, 2.45) is 5.92 Å². The quantitative estimate of drug-likeness (QED) is 0.643. The van der Waals surface area contributed by atoms with E-state index in [1.807, 2.05) is 0 Å². The van der Waals surface area contributed by atoms with Gasteiger partial charge in [0.1, 0.15) is 0 Å². The summed E-state index contributed by atoms with van der Waals surface area (Å²) >= 11 is 0. The van der Waals surface area contributed by atoms with E-state index in [9.17, 15) is 10.2 Å². The van der Waals surface area contributed by atoms with Crippen molar-refractivity contribution < 1.29 is 14.9 Å². The van der Waals surface area contributed by atoms with Gasteiger partial charge in [0.2, 0.25) is 0 Å². The minimum Gasteiger partial charge on any atom is -0.395 e. The summed E-state index contributed by atoms with van der Waals surface area (Å²) in [5, 5.41) is 19.3. The smallest absolute Gasteiger partial charge is 0.0598 e. The van der Waals surface area contributed by atoms with Gasteiger partial charge in [-0.2, -0.15) is 0 Å². The van der Waals surface area contributed by atoms with Crippen molar-refractivity contribution in [1.29, 1.82) is 0 Å². The van der Waals surface area contributed by atoms with E-state index in [0.29, 0.717) is 12.3 Å². The van der Waals surface area contributed by atoms with E-state index in [4.69, 9.17) is 4.74 Å². The van der Waals surface area contributed by atoms with Crippen molar-refractivity contribution >= 4 is 0 Å². The highest BCUT2D eigenvalue weighted by atomic mass is 16.5. The Morgan fingerprint density at radius 3 is 2.59 bits per heavy atom. The van der Waals surface area contributed by atoms with Crippen LogP contribution in [0.4, 0.5) is 0 Å². The lowest BCUT2D eigenvalue weighted by Crippen LogP contribution is -2.48. The summed E-state index contributed by atoms with van der Waals surface area (Å²) in [4.78, 5) is 2.39. The predicted molar refractivity (Wildman–Crippen MR) is 91.0 cm³/mol. The first-order valence-electron chi connectivity index (χ1n) is 9.02. The minimum absolute atomic E-state index is 0.0504. The lowest BCUT2D eigenvalue weighted by molar-refractivity contribution is -0.00993. The molecule has 3 unspecified atom stereocenters. The van der Waals surface area contributed by atoms with Crippen LogP contribution in [0.25, 0.3) is 0 Å². The zero-order valence-corrected chi connectivity index (χ0v) is 15.1. The first-order chi connectivity index (χ1) is 10.4. The van der Waals surface area contributed by atoms with Crippen molar-refractivity contribution in [3.05, 3.63) is 0 Å². The summed E-state index contributed by atoms with van der Waals surface area (Å²) in [6.07, 6.45) is 6.02. The second-order valence-corrected chi connectivity index (χ2v) is 7.77. The van der Waals surface area contributed by atoms with Crippen LogP contribution in [0, 0.1) is 5.92 Å². The highest BCUT2D eigenvalue weighted by Gasteiger charge is 2.28. The van der Waals surface area contributed by atoms with Crippen LogP contribution in [0.1, 0.15) is 66.2 Å². The summed E-state index contributed by atoms with van der Waals surface area (Å²) in [6, 6.07) is 0.133. The predicted octanol–water partition coefficient (Wildman–Crippen LogP) is 2.82. The lowest BCUT2D eigenvalue weighted by atomic mass is 9.93. The first kappa shape index (κ1) is 19.9. The molecule has 1 fully saturated rings. The Kier molecular flexibility index (Phi) is 8.91. The topological polar surface area (TPSA) is 52.9 Å². The summed E-state index contributed by atoms with van der Waals surface area (Å²) in [5.41, 5.74) is -0.0504. The number of aliphatic hydroxyl groups is 2. The van der Waals surface area contributed by atoms with E-state index in [2.05, 4.69) is 32.6 Å².